The molecule has 0 bridgehead atoms. The summed E-state index contributed by atoms with van der Waals surface area (Å²) in [4.78, 5) is 18.7. The number of aromatic nitrogens is 2. The van der Waals surface area contributed by atoms with Crippen LogP contribution in [-0.2, 0) is 4.79 Å². The summed E-state index contributed by atoms with van der Waals surface area (Å²) < 4.78 is 0. The van der Waals surface area contributed by atoms with E-state index in [9.17, 15) is 4.79 Å². The van der Waals surface area contributed by atoms with Gasteiger partial charge in [0.1, 0.15) is 0 Å². The third-order valence-corrected chi connectivity index (χ3v) is 2.12. The van der Waals surface area contributed by atoms with E-state index >= 15 is 0 Å². The average Bonchev–Trinajstić information content (AvgIpc) is 2.38. The van der Waals surface area contributed by atoms with E-state index in [1.807, 2.05) is 30.3 Å². The second kappa shape index (κ2) is 5.03. The van der Waals surface area contributed by atoms with Gasteiger partial charge in [0.2, 0.25) is 0 Å². The Balaban J connectivity index is 2.22. The van der Waals surface area contributed by atoms with Crippen molar-refractivity contribution in [3.8, 4) is 11.4 Å². The molecule has 0 spiro atoms. The van der Waals surface area contributed by atoms with Crippen molar-refractivity contribution in [3.63, 3.8) is 0 Å². The maximum Gasteiger partial charge on any atom is 0.328 e. The number of rotatable bonds is 3. The van der Waals surface area contributed by atoms with Crippen molar-refractivity contribution in [2.45, 2.75) is 0 Å². The molecule has 4 nitrogen and oxygen atoms in total. The number of carboxylic acid groups (broad SMARTS) is 1. The van der Waals surface area contributed by atoms with Gasteiger partial charge >= 0.3 is 5.97 Å². The van der Waals surface area contributed by atoms with E-state index < -0.39 is 5.97 Å². The third-order valence-electron chi connectivity index (χ3n) is 2.12. The third kappa shape index (κ3) is 2.98. The largest absolute Gasteiger partial charge is 0.478 e. The minimum Gasteiger partial charge on any atom is -0.478 e. The Hall–Kier alpha value is -2.49. The molecule has 0 aliphatic rings. The molecule has 0 amide bonds. The minimum atomic E-state index is -0.989. The lowest BCUT2D eigenvalue weighted by Gasteiger charge is -1.99. The van der Waals surface area contributed by atoms with Gasteiger partial charge in [0.05, 0.1) is 0 Å². The number of carbonyl (C=O) groups is 1. The SMILES string of the molecule is O=C(O)/C=C/c1cnc(-c2ccccc2)nc1. The molecule has 1 aromatic carbocycles. The highest BCUT2D eigenvalue weighted by Crippen LogP contribution is 2.13. The van der Waals surface area contributed by atoms with E-state index in [4.69, 9.17) is 5.11 Å². The van der Waals surface area contributed by atoms with Crippen molar-refractivity contribution in [3.05, 3.63) is 54.4 Å². The van der Waals surface area contributed by atoms with Crippen LogP contribution < -0.4 is 0 Å². The van der Waals surface area contributed by atoms with Crippen LogP contribution in [0, 0.1) is 0 Å². The molecule has 0 unspecified atom stereocenters. The van der Waals surface area contributed by atoms with E-state index in [0.29, 0.717) is 11.4 Å². The number of carboxylic acids is 1. The van der Waals surface area contributed by atoms with Gasteiger partial charge in [-0.3, -0.25) is 0 Å². The summed E-state index contributed by atoms with van der Waals surface area (Å²) in [5.41, 5.74) is 1.59. The van der Waals surface area contributed by atoms with Gasteiger partial charge in [-0.05, 0) is 6.08 Å². The predicted molar refractivity (Wildman–Crippen MR) is 64.1 cm³/mol. The van der Waals surface area contributed by atoms with Gasteiger partial charge in [0.25, 0.3) is 0 Å². The fourth-order valence-corrected chi connectivity index (χ4v) is 1.33. The lowest BCUT2D eigenvalue weighted by Crippen LogP contribution is -1.90. The zero-order valence-electron chi connectivity index (χ0n) is 8.95. The molecule has 1 N–H and O–H groups in total. The first-order valence-corrected chi connectivity index (χ1v) is 5.04. The van der Waals surface area contributed by atoms with Crippen LogP contribution in [0.25, 0.3) is 17.5 Å². The topological polar surface area (TPSA) is 63.1 Å². The van der Waals surface area contributed by atoms with Gasteiger partial charge in [0, 0.05) is 29.6 Å². The Morgan fingerprint density at radius 3 is 2.35 bits per heavy atom. The molecule has 2 aromatic rings. The molecular weight excluding hydrogens is 216 g/mol. The Kier molecular flexibility index (Phi) is 3.25. The van der Waals surface area contributed by atoms with Crippen LogP contribution in [0.4, 0.5) is 0 Å². The summed E-state index contributed by atoms with van der Waals surface area (Å²) in [6.45, 7) is 0. The molecule has 1 aromatic heterocycles. The van der Waals surface area contributed by atoms with Crippen molar-refractivity contribution in [1.29, 1.82) is 0 Å². The standard InChI is InChI=1S/C13H10N2O2/c16-12(17)7-6-10-8-14-13(15-9-10)11-4-2-1-3-5-11/h1-9H,(H,16,17)/b7-6+. The van der Waals surface area contributed by atoms with Crippen molar-refractivity contribution >= 4 is 12.0 Å². The minimum absolute atomic E-state index is 0.623. The summed E-state index contributed by atoms with van der Waals surface area (Å²) in [6, 6.07) is 9.59. The number of aliphatic carboxylic acids is 1. The van der Waals surface area contributed by atoms with Gasteiger partial charge in [-0.15, -0.1) is 0 Å². The molecule has 0 aliphatic carbocycles. The van der Waals surface area contributed by atoms with E-state index in [0.717, 1.165) is 11.6 Å². The Morgan fingerprint density at radius 2 is 1.76 bits per heavy atom. The number of hydrogen-bond donors (Lipinski definition) is 1. The van der Waals surface area contributed by atoms with Crippen molar-refractivity contribution < 1.29 is 9.90 Å². The zero-order valence-corrected chi connectivity index (χ0v) is 8.95. The molecule has 0 aliphatic heterocycles. The second-order valence-electron chi connectivity index (χ2n) is 3.38. The van der Waals surface area contributed by atoms with Crippen LogP contribution in [0.15, 0.2) is 48.8 Å². The molecule has 0 radical (unpaired) electrons. The highest BCUT2D eigenvalue weighted by Gasteiger charge is 1.99. The lowest BCUT2D eigenvalue weighted by molar-refractivity contribution is -0.131. The first-order chi connectivity index (χ1) is 8.25. The summed E-state index contributed by atoms with van der Waals surface area (Å²) in [7, 11) is 0. The van der Waals surface area contributed by atoms with E-state index in [1.165, 1.54) is 6.08 Å². The average molecular weight is 226 g/mol. The number of benzene rings is 1. The van der Waals surface area contributed by atoms with Gasteiger partial charge in [-0.2, -0.15) is 0 Å². The first kappa shape index (κ1) is 11.0. The molecule has 17 heavy (non-hydrogen) atoms. The molecule has 0 fully saturated rings. The number of hydrogen-bond acceptors (Lipinski definition) is 3. The summed E-state index contributed by atoms with van der Waals surface area (Å²) >= 11 is 0. The second-order valence-corrected chi connectivity index (χ2v) is 3.38. The van der Waals surface area contributed by atoms with E-state index in [2.05, 4.69) is 9.97 Å². The predicted octanol–water partition coefficient (Wildman–Crippen LogP) is 2.24. The van der Waals surface area contributed by atoms with Gasteiger partial charge in [-0.25, -0.2) is 14.8 Å². The zero-order chi connectivity index (χ0) is 12.1. The number of nitrogens with zero attached hydrogens (tertiary/aromatic N) is 2. The molecule has 84 valence electrons. The molecular formula is C13H10N2O2. The molecule has 0 saturated heterocycles. The maximum absolute atomic E-state index is 10.3. The molecule has 0 saturated carbocycles. The summed E-state index contributed by atoms with van der Waals surface area (Å²) in [5.74, 6) is -0.366. The fraction of sp³-hybridized carbons (Fsp3) is 0. The molecule has 0 atom stereocenters. The van der Waals surface area contributed by atoms with Crippen molar-refractivity contribution in [1.82, 2.24) is 9.97 Å². The Labute approximate surface area is 98.3 Å². The Bertz CT molecular complexity index is 533. The molecule has 2 rings (SSSR count). The van der Waals surface area contributed by atoms with Gasteiger partial charge in [0.15, 0.2) is 5.82 Å². The summed E-state index contributed by atoms with van der Waals surface area (Å²) in [5, 5.41) is 8.48. The van der Waals surface area contributed by atoms with Crippen molar-refractivity contribution in [2.75, 3.05) is 0 Å². The Morgan fingerprint density at radius 1 is 1.12 bits per heavy atom. The van der Waals surface area contributed by atoms with Gasteiger partial charge in [-0.1, -0.05) is 30.3 Å². The molecule has 4 heteroatoms. The summed E-state index contributed by atoms with van der Waals surface area (Å²) in [6.07, 6.45) is 5.70. The lowest BCUT2D eigenvalue weighted by atomic mass is 10.2. The van der Waals surface area contributed by atoms with Crippen LogP contribution in [0.2, 0.25) is 0 Å². The monoisotopic (exact) mass is 226 g/mol. The van der Waals surface area contributed by atoms with Gasteiger partial charge < -0.3 is 5.11 Å². The molecule has 1 heterocycles. The van der Waals surface area contributed by atoms with Crippen molar-refractivity contribution in [2.24, 2.45) is 0 Å². The van der Waals surface area contributed by atoms with Crippen LogP contribution in [0.5, 0.6) is 0 Å². The van der Waals surface area contributed by atoms with Crippen LogP contribution in [0.3, 0.4) is 0 Å². The first-order valence-electron chi connectivity index (χ1n) is 5.04. The van der Waals surface area contributed by atoms with Crippen LogP contribution in [-0.4, -0.2) is 21.0 Å². The normalized spacial score (nSPS) is 10.6. The highest BCUT2D eigenvalue weighted by molar-refractivity contribution is 5.85. The smallest absolute Gasteiger partial charge is 0.328 e. The highest BCUT2D eigenvalue weighted by atomic mass is 16.4. The van der Waals surface area contributed by atoms with Crippen LogP contribution >= 0.6 is 0 Å². The fourth-order valence-electron chi connectivity index (χ4n) is 1.33. The van der Waals surface area contributed by atoms with E-state index in [1.54, 1.807) is 12.4 Å². The maximum atomic E-state index is 10.3. The van der Waals surface area contributed by atoms with E-state index in [-0.39, 0.29) is 0 Å². The quantitative estimate of drug-likeness (QED) is 0.815. The van der Waals surface area contributed by atoms with Crippen LogP contribution in [0.1, 0.15) is 5.56 Å².